The Balaban J connectivity index is 2.21. The summed E-state index contributed by atoms with van der Waals surface area (Å²) in [5.41, 5.74) is 1.46. The van der Waals surface area contributed by atoms with Gasteiger partial charge in [-0.1, -0.05) is 29.8 Å². The van der Waals surface area contributed by atoms with E-state index in [1.54, 1.807) is 19.2 Å². The molecule has 0 aliphatic heterocycles. The highest BCUT2D eigenvalue weighted by Gasteiger charge is 2.14. The standard InChI is InChI=1S/C15H12BrClO2/c1-19-11-7-5-10(6-8-11)9-14(18)15-12(16)3-2-4-13(15)17/h2-8H,9H2,1H3. The Kier molecular flexibility index (Phi) is 4.61. The van der Waals surface area contributed by atoms with Crippen LogP contribution in [-0.4, -0.2) is 12.9 Å². The zero-order chi connectivity index (χ0) is 13.8. The van der Waals surface area contributed by atoms with Crippen molar-refractivity contribution in [2.24, 2.45) is 0 Å². The second kappa shape index (κ2) is 6.22. The largest absolute Gasteiger partial charge is 0.497 e. The van der Waals surface area contributed by atoms with E-state index >= 15 is 0 Å². The Morgan fingerprint density at radius 3 is 2.47 bits per heavy atom. The number of carbonyl (C=O) groups excluding carboxylic acids is 1. The van der Waals surface area contributed by atoms with Crippen LogP contribution in [0.1, 0.15) is 15.9 Å². The number of benzene rings is 2. The molecule has 0 heterocycles. The van der Waals surface area contributed by atoms with E-state index in [9.17, 15) is 4.79 Å². The summed E-state index contributed by atoms with van der Waals surface area (Å²) in [4.78, 5) is 12.3. The molecule has 0 atom stereocenters. The van der Waals surface area contributed by atoms with E-state index in [-0.39, 0.29) is 5.78 Å². The molecule has 2 rings (SSSR count). The number of ketones is 1. The minimum absolute atomic E-state index is 0.0114. The predicted molar refractivity (Wildman–Crippen MR) is 80.2 cm³/mol. The lowest BCUT2D eigenvalue weighted by molar-refractivity contribution is 0.0992. The Hall–Kier alpha value is -1.32. The van der Waals surface area contributed by atoms with Gasteiger partial charge in [-0.2, -0.15) is 0 Å². The second-order valence-electron chi connectivity index (χ2n) is 4.04. The van der Waals surface area contributed by atoms with Crippen LogP contribution in [0.25, 0.3) is 0 Å². The van der Waals surface area contributed by atoms with Crippen molar-refractivity contribution in [3.05, 3.63) is 63.1 Å². The molecule has 0 saturated heterocycles. The van der Waals surface area contributed by atoms with Crippen molar-refractivity contribution < 1.29 is 9.53 Å². The first-order valence-corrected chi connectivity index (χ1v) is 6.89. The SMILES string of the molecule is COc1ccc(CC(=O)c2c(Cl)cccc2Br)cc1. The number of rotatable bonds is 4. The zero-order valence-electron chi connectivity index (χ0n) is 10.3. The Bertz CT molecular complexity index is 573. The summed E-state index contributed by atoms with van der Waals surface area (Å²) in [7, 11) is 1.61. The third kappa shape index (κ3) is 3.37. The van der Waals surface area contributed by atoms with Crippen molar-refractivity contribution in [3.63, 3.8) is 0 Å². The molecule has 0 fully saturated rings. The topological polar surface area (TPSA) is 26.3 Å². The molecule has 19 heavy (non-hydrogen) atoms. The van der Waals surface area contributed by atoms with E-state index < -0.39 is 0 Å². The summed E-state index contributed by atoms with van der Waals surface area (Å²) in [6, 6.07) is 12.8. The molecule has 0 spiro atoms. The van der Waals surface area contributed by atoms with Gasteiger partial charge in [-0.05, 0) is 45.8 Å². The van der Waals surface area contributed by atoms with E-state index in [2.05, 4.69) is 15.9 Å². The number of ether oxygens (including phenoxy) is 1. The lowest BCUT2D eigenvalue weighted by Gasteiger charge is -2.07. The number of methoxy groups -OCH3 is 1. The van der Waals surface area contributed by atoms with E-state index in [1.165, 1.54) is 0 Å². The van der Waals surface area contributed by atoms with Gasteiger partial charge in [0, 0.05) is 10.9 Å². The van der Waals surface area contributed by atoms with Gasteiger partial charge < -0.3 is 4.74 Å². The first-order valence-electron chi connectivity index (χ1n) is 5.72. The van der Waals surface area contributed by atoms with Crippen molar-refractivity contribution in [2.45, 2.75) is 6.42 Å². The van der Waals surface area contributed by atoms with Crippen LogP contribution in [-0.2, 0) is 6.42 Å². The first kappa shape index (κ1) is 14.1. The van der Waals surface area contributed by atoms with E-state index in [4.69, 9.17) is 16.3 Å². The van der Waals surface area contributed by atoms with Crippen molar-refractivity contribution in [2.75, 3.05) is 7.11 Å². The average Bonchev–Trinajstić information content (AvgIpc) is 2.39. The van der Waals surface area contributed by atoms with Gasteiger partial charge in [0.1, 0.15) is 5.75 Å². The lowest BCUT2D eigenvalue weighted by Crippen LogP contribution is -2.05. The molecule has 0 bridgehead atoms. The Labute approximate surface area is 125 Å². The molecular formula is C15H12BrClO2. The highest BCUT2D eigenvalue weighted by molar-refractivity contribution is 9.10. The highest BCUT2D eigenvalue weighted by atomic mass is 79.9. The normalized spacial score (nSPS) is 10.3. The summed E-state index contributed by atoms with van der Waals surface area (Å²) < 4.78 is 5.80. The molecule has 98 valence electrons. The summed E-state index contributed by atoms with van der Waals surface area (Å²) in [6.07, 6.45) is 0.312. The second-order valence-corrected chi connectivity index (χ2v) is 5.31. The molecule has 0 aliphatic carbocycles. The molecule has 0 aliphatic rings. The number of hydrogen-bond donors (Lipinski definition) is 0. The van der Waals surface area contributed by atoms with Gasteiger partial charge in [-0.3, -0.25) is 4.79 Å². The summed E-state index contributed by atoms with van der Waals surface area (Å²) >= 11 is 9.43. The van der Waals surface area contributed by atoms with Crippen molar-refractivity contribution in [1.82, 2.24) is 0 Å². The molecule has 0 aromatic heterocycles. The molecule has 0 saturated carbocycles. The predicted octanol–water partition coefficient (Wildman–Crippen LogP) is 4.54. The number of halogens is 2. The van der Waals surface area contributed by atoms with Crippen LogP contribution in [0.5, 0.6) is 5.75 Å². The fourth-order valence-electron chi connectivity index (χ4n) is 1.78. The van der Waals surface area contributed by atoms with Crippen LogP contribution in [0.4, 0.5) is 0 Å². The zero-order valence-corrected chi connectivity index (χ0v) is 12.7. The van der Waals surface area contributed by atoms with Crippen LogP contribution >= 0.6 is 27.5 Å². The van der Waals surface area contributed by atoms with E-state index in [0.717, 1.165) is 15.8 Å². The van der Waals surface area contributed by atoms with Crippen molar-refractivity contribution in [1.29, 1.82) is 0 Å². The molecule has 2 aromatic rings. The Morgan fingerprint density at radius 2 is 1.89 bits per heavy atom. The molecule has 2 nitrogen and oxygen atoms in total. The van der Waals surface area contributed by atoms with Crippen LogP contribution < -0.4 is 4.74 Å². The molecular weight excluding hydrogens is 328 g/mol. The minimum atomic E-state index is -0.0114. The fourth-order valence-corrected chi connectivity index (χ4v) is 2.76. The lowest BCUT2D eigenvalue weighted by atomic mass is 10.0. The van der Waals surface area contributed by atoms with Crippen LogP contribution in [0.15, 0.2) is 46.9 Å². The smallest absolute Gasteiger partial charge is 0.169 e. The molecule has 4 heteroatoms. The molecule has 0 amide bonds. The van der Waals surface area contributed by atoms with Crippen LogP contribution in [0.3, 0.4) is 0 Å². The average molecular weight is 340 g/mol. The summed E-state index contributed by atoms with van der Waals surface area (Å²) in [5.74, 6) is 0.762. The van der Waals surface area contributed by atoms with Crippen molar-refractivity contribution in [3.8, 4) is 5.75 Å². The van der Waals surface area contributed by atoms with Gasteiger partial charge in [0.15, 0.2) is 5.78 Å². The van der Waals surface area contributed by atoms with E-state index in [0.29, 0.717) is 17.0 Å². The van der Waals surface area contributed by atoms with Gasteiger partial charge in [-0.15, -0.1) is 0 Å². The number of carbonyl (C=O) groups is 1. The van der Waals surface area contributed by atoms with Gasteiger partial charge in [-0.25, -0.2) is 0 Å². The molecule has 0 N–H and O–H groups in total. The van der Waals surface area contributed by atoms with Crippen LogP contribution in [0.2, 0.25) is 5.02 Å². The number of hydrogen-bond acceptors (Lipinski definition) is 2. The molecule has 0 unspecified atom stereocenters. The first-order chi connectivity index (χ1) is 9.11. The highest BCUT2D eigenvalue weighted by Crippen LogP contribution is 2.26. The third-order valence-electron chi connectivity index (χ3n) is 2.77. The van der Waals surface area contributed by atoms with Crippen molar-refractivity contribution >= 4 is 33.3 Å². The summed E-state index contributed by atoms with van der Waals surface area (Å²) in [5, 5.41) is 0.466. The van der Waals surface area contributed by atoms with Gasteiger partial charge in [0.25, 0.3) is 0 Å². The monoisotopic (exact) mass is 338 g/mol. The maximum atomic E-state index is 12.3. The summed E-state index contributed by atoms with van der Waals surface area (Å²) in [6.45, 7) is 0. The maximum absolute atomic E-state index is 12.3. The Morgan fingerprint density at radius 1 is 1.21 bits per heavy atom. The molecule has 2 aromatic carbocycles. The third-order valence-corrected chi connectivity index (χ3v) is 3.74. The van der Waals surface area contributed by atoms with Gasteiger partial charge >= 0.3 is 0 Å². The maximum Gasteiger partial charge on any atom is 0.169 e. The van der Waals surface area contributed by atoms with Crippen LogP contribution in [0, 0.1) is 0 Å². The quantitative estimate of drug-likeness (QED) is 0.765. The van der Waals surface area contributed by atoms with Gasteiger partial charge in [0.2, 0.25) is 0 Å². The number of Topliss-reactive ketones (excluding diaryl/α,β-unsaturated/α-hetero) is 1. The molecule has 0 radical (unpaired) electrons. The van der Waals surface area contributed by atoms with E-state index in [1.807, 2.05) is 30.3 Å². The fraction of sp³-hybridized carbons (Fsp3) is 0.133. The minimum Gasteiger partial charge on any atom is -0.497 e. The van der Waals surface area contributed by atoms with Gasteiger partial charge in [0.05, 0.1) is 17.7 Å².